The fourth-order valence-corrected chi connectivity index (χ4v) is 7.56. The minimum Gasteiger partial charge on any atom is -0.247 e. The molecule has 10 rings (SSSR count). The molecule has 0 amide bonds. The summed E-state index contributed by atoms with van der Waals surface area (Å²) in [5, 5.41) is 3.44. The SMILES string of the molecule is c1ccc(-c2cccc(-c3nc(-c4ccc(-c5cccc6c(-c7ccccc7)nc7ccccc7c56)cc4)nc(-c4cccc(-c5ccccc5)c4)n3)c2)cc1. The van der Waals surface area contributed by atoms with Gasteiger partial charge < -0.3 is 0 Å². The van der Waals surface area contributed by atoms with E-state index in [1.54, 1.807) is 0 Å². The molecule has 0 radical (unpaired) electrons. The Morgan fingerprint density at radius 2 is 0.679 bits per heavy atom. The zero-order valence-electron chi connectivity index (χ0n) is 30.4. The molecule has 2 heterocycles. The first kappa shape index (κ1) is 33.0. The molecular formula is C52H34N4. The Kier molecular flexibility index (Phi) is 8.47. The molecule has 0 unspecified atom stereocenters. The van der Waals surface area contributed by atoms with Crippen LogP contribution in [0.4, 0.5) is 0 Å². The molecule has 0 fully saturated rings. The van der Waals surface area contributed by atoms with Crippen molar-refractivity contribution in [1.82, 2.24) is 19.9 Å². The molecule has 0 aliphatic carbocycles. The van der Waals surface area contributed by atoms with E-state index in [0.717, 1.165) is 77.6 Å². The highest BCUT2D eigenvalue weighted by Gasteiger charge is 2.17. The minimum absolute atomic E-state index is 0.616. The maximum atomic E-state index is 5.15. The van der Waals surface area contributed by atoms with Gasteiger partial charge in [0.1, 0.15) is 0 Å². The molecule has 0 saturated carbocycles. The summed E-state index contributed by atoms with van der Waals surface area (Å²) >= 11 is 0. The number of benzene rings is 8. The summed E-state index contributed by atoms with van der Waals surface area (Å²) in [6, 6.07) is 71.6. The quantitative estimate of drug-likeness (QED) is 0.154. The van der Waals surface area contributed by atoms with Crippen molar-refractivity contribution < 1.29 is 0 Å². The third-order valence-electron chi connectivity index (χ3n) is 10.3. The second-order valence-corrected chi connectivity index (χ2v) is 13.8. The van der Waals surface area contributed by atoms with Crippen LogP contribution >= 0.6 is 0 Å². The largest absolute Gasteiger partial charge is 0.247 e. The minimum atomic E-state index is 0.616. The molecule has 0 aliphatic heterocycles. The van der Waals surface area contributed by atoms with Gasteiger partial charge in [0.2, 0.25) is 0 Å². The van der Waals surface area contributed by atoms with E-state index in [4.69, 9.17) is 19.9 Å². The molecule has 0 saturated heterocycles. The van der Waals surface area contributed by atoms with Gasteiger partial charge >= 0.3 is 0 Å². The van der Waals surface area contributed by atoms with Crippen LogP contribution in [0, 0.1) is 0 Å². The number of hydrogen-bond donors (Lipinski definition) is 0. The van der Waals surface area contributed by atoms with Gasteiger partial charge in [-0.15, -0.1) is 0 Å². The van der Waals surface area contributed by atoms with Gasteiger partial charge in [0.15, 0.2) is 17.5 Å². The number of para-hydroxylation sites is 1. The zero-order valence-corrected chi connectivity index (χ0v) is 30.4. The van der Waals surface area contributed by atoms with Crippen molar-refractivity contribution in [3.8, 4) is 78.8 Å². The van der Waals surface area contributed by atoms with Crippen molar-refractivity contribution in [1.29, 1.82) is 0 Å². The van der Waals surface area contributed by atoms with Gasteiger partial charge in [-0.1, -0.05) is 188 Å². The van der Waals surface area contributed by atoms with Crippen LogP contribution in [0.5, 0.6) is 0 Å². The lowest BCUT2D eigenvalue weighted by Gasteiger charge is -2.14. The fourth-order valence-electron chi connectivity index (χ4n) is 7.56. The topological polar surface area (TPSA) is 51.6 Å². The molecule has 4 heteroatoms. The summed E-state index contributed by atoms with van der Waals surface area (Å²) in [5.41, 5.74) is 12.6. The number of pyridine rings is 1. The van der Waals surface area contributed by atoms with Gasteiger partial charge in [-0.05, 0) is 51.6 Å². The Bertz CT molecular complexity index is 2900. The lowest BCUT2D eigenvalue weighted by atomic mass is 9.92. The van der Waals surface area contributed by atoms with Crippen LogP contribution in [0.3, 0.4) is 0 Å². The van der Waals surface area contributed by atoms with E-state index in [-0.39, 0.29) is 0 Å². The van der Waals surface area contributed by atoms with E-state index in [1.165, 1.54) is 5.39 Å². The monoisotopic (exact) mass is 714 g/mol. The Hall–Kier alpha value is -7.56. The molecule has 4 nitrogen and oxygen atoms in total. The van der Waals surface area contributed by atoms with Gasteiger partial charge in [-0.2, -0.15) is 0 Å². The predicted octanol–water partition coefficient (Wildman–Crippen LogP) is 13.2. The summed E-state index contributed by atoms with van der Waals surface area (Å²) in [5.74, 6) is 1.86. The first-order valence-electron chi connectivity index (χ1n) is 18.8. The maximum Gasteiger partial charge on any atom is 0.164 e. The van der Waals surface area contributed by atoms with E-state index in [9.17, 15) is 0 Å². The van der Waals surface area contributed by atoms with E-state index < -0.39 is 0 Å². The Balaban J connectivity index is 1.11. The van der Waals surface area contributed by atoms with Gasteiger partial charge in [-0.25, -0.2) is 19.9 Å². The second kappa shape index (κ2) is 14.3. The first-order valence-corrected chi connectivity index (χ1v) is 18.8. The summed E-state index contributed by atoms with van der Waals surface area (Å²) in [7, 11) is 0. The molecule has 262 valence electrons. The Labute approximate surface area is 325 Å². The second-order valence-electron chi connectivity index (χ2n) is 13.8. The molecule has 10 aromatic rings. The van der Waals surface area contributed by atoms with Gasteiger partial charge in [-0.3, -0.25) is 0 Å². The van der Waals surface area contributed by atoms with Crippen molar-refractivity contribution >= 4 is 21.7 Å². The van der Waals surface area contributed by atoms with Crippen molar-refractivity contribution in [3.05, 3.63) is 206 Å². The van der Waals surface area contributed by atoms with E-state index in [0.29, 0.717) is 17.5 Å². The standard InChI is InChI=1S/C52H34N4/c1-4-15-35(16-5-1)40-21-12-23-42(33-40)51-54-50(55-52(56-51)43-24-13-22-41(34-43)36-17-6-2-7-18-36)39-31-29-37(30-32-39)44-26-14-27-46-48(44)45-25-10-11-28-47(45)53-49(46)38-19-8-3-9-20-38/h1-34H. The molecule has 2 aromatic heterocycles. The lowest BCUT2D eigenvalue weighted by molar-refractivity contribution is 1.07. The first-order chi connectivity index (χ1) is 27.7. The number of aromatic nitrogens is 4. The van der Waals surface area contributed by atoms with E-state index in [1.807, 2.05) is 18.2 Å². The van der Waals surface area contributed by atoms with Crippen LogP contribution in [0.1, 0.15) is 0 Å². The number of nitrogens with zero attached hydrogens (tertiary/aromatic N) is 4. The lowest BCUT2D eigenvalue weighted by Crippen LogP contribution is -2.00. The zero-order chi connectivity index (χ0) is 37.3. The van der Waals surface area contributed by atoms with E-state index in [2.05, 4.69) is 188 Å². The predicted molar refractivity (Wildman–Crippen MR) is 231 cm³/mol. The Morgan fingerprint density at radius 3 is 1.27 bits per heavy atom. The van der Waals surface area contributed by atoms with Crippen LogP contribution in [0.25, 0.3) is 100 Å². The van der Waals surface area contributed by atoms with Crippen LogP contribution < -0.4 is 0 Å². The van der Waals surface area contributed by atoms with Crippen molar-refractivity contribution in [2.24, 2.45) is 0 Å². The average molecular weight is 715 g/mol. The fraction of sp³-hybridized carbons (Fsp3) is 0. The van der Waals surface area contributed by atoms with Crippen LogP contribution in [0.15, 0.2) is 206 Å². The van der Waals surface area contributed by atoms with Gasteiger partial charge in [0, 0.05) is 38.4 Å². The molecule has 56 heavy (non-hydrogen) atoms. The Morgan fingerprint density at radius 1 is 0.250 bits per heavy atom. The smallest absolute Gasteiger partial charge is 0.164 e. The molecular weight excluding hydrogens is 681 g/mol. The highest BCUT2D eigenvalue weighted by molar-refractivity contribution is 6.17. The van der Waals surface area contributed by atoms with Crippen LogP contribution in [-0.2, 0) is 0 Å². The number of hydrogen-bond acceptors (Lipinski definition) is 4. The molecule has 0 N–H and O–H groups in total. The molecule has 0 spiro atoms. The van der Waals surface area contributed by atoms with Crippen molar-refractivity contribution in [2.75, 3.05) is 0 Å². The molecule has 0 aliphatic rings. The number of rotatable bonds is 7. The molecule has 8 aromatic carbocycles. The number of fused-ring (bicyclic) bond motifs is 3. The average Bonchev–Trinajstić information content (AvgIpc) is 3.29. The van der Waals surface area contributed by atoms with Crippen LogP contribution in [-0.4, -0.2) is 19.9 Å². The highest BCUT2D eigenvalue weighted by atomic mass is 15.0. The van der Waals surface area contributed by atoms with E-state index >= 15 is 0 Å². The maximum absolute atomic E-state index is 5.15. The van der Waals surface area contributed by atoms with Gasteiger partial charge in [0.25, 0.3) is 0 Å². The van der Waals surface area contributed by atoms with Gasteiger partial charge in [0.05, 0.1) is 11.2 Å². The third kappa shape index (κ3) is 6.29. The molecule has 0 bridgehead atoms. The highest BCUT2D eigenvalue weighted by Crippen LogP contribution is 2.39. The third-order valence-corrected chi connectivity index (χ3v) is 10.3. The normalized spacial score (nSPS) is 11.2. The molecule has 0 atom stereocenters. The summed E-state index contributed by atoms with van der Waals surface area (Å²) in [6.07, 6.45) is 0. The van der Waals surface area contributed by atoms with Crippen LogP contribution in [0.2, 0.25) is 0 Å². The van der Waals surface area contributed by atoms with Crippen molar-refractivity contribution in [3.63, 3.8) is 0 Å². The summed E-state index contributed by atoms with van der Waals surface area (Å²) < 4.78 is 0. The summed E-state index contributed by atoms with van der Waals surface area (Å²) in [6.45, 7) is 0. The van der Waals surface area contributed by atoms with Crippen molar-refractivity contribution in [2.45, 2.75) is 0 Å². The summed E-state index contributed by atoms with van der Waals surface area (Å²) in [4.78, 5) is 20.5.